The normalized spacial score (nSPS) is 11.6. The lowest BCUT2D eigenvalue weighted by molar-refractivity contribution is 0.668. The molecule has 10 rings (SSSR count). The third-order valence-corrected chi connectivity index (χ3v) is 9.54. The molecule has 0 aliphatic rings. The lowest BCUT2D eigenvalue weighted by atomic mass is 9.99. The second kappa shape index (κ2) is 11.4. The average molecular weight is 641 g/mol. The van der Waals surface area contributed by atoms with Crippen LogP contribution < -0.4 is 0 Å². The van der Waals surface area contributed by atoms with Crippen LogP contribution in [-0.2, 0) is 0 Å². The van der Waals surface area contributed by atoms with Crippen LogP contribution in [-0.4, -0.2) is 9.97 Å². The summed E-state index contributed by atoms with van der Waals surface area (Å²) in [4.78, 5) is 10.1. The van der Waals surface area contributed by atoms with Gasteiger partial charge < -0.3 is 8.83 Å². The summed E-state index contributed by atoms with van der Waals surface area (Å²) in [5, 5.41) is 4.50. The van der Waals surface area contributed by atoms with E-state index in [-0.39, 0.29) is 0 Å². The fourth-order valence-electron chi connectivity index (χ4n) is 6.94. The van der Waals surface area contributed by atoms with Gasteiger partial charge in [-0.2, -0.15) is 0 Å². The zero-order chi connectivity index (χ0) is 33.0. The molecule has 0 unspecified atom stereocenters. The molecule has 0 bridgehead atoms. The van der Waals surface area contributed by atoms with E-state index in [1.807, 2.05) is 42.5 Å². The Bertz CT molecular complexity index is 2670. The predicted molar refractivity (Wildman–Crippen MR) is 204 cm³/mol. The number of benzene rings is 7. The van der Waals surface area contributed by atoms with Gasteiger partial charge in [0.05, 0.1) is 11.4 Å². The fraction of sp³-hybridized carbons (Fsp3) is 0. The van der Waals surface area contributed by atoms with E-state index < -0.39 is 0 Å². The summed E-state index contributed by atoms with van der Waals surface area (Å²) in [6, 6.07) is 58.7. The maximum absolute atomic E-state index is 6.05. The number of hydrogen-bond acceptors (Lipinski definition) is 4. The van der Waals surface area contributed by atoms with Crippen molar-refractivity contribution in [1.29, 1.82) is 0 Å². The molecule has 7 aromatic carbocycles. The topological polar surface area (TPSA) is 52.1 Å². The van der Waals surface area contributed by atoms with Crippen LogP contribution in [0.1, 0.15) is 0 Å². The molecule has 4 heteroatoms. The summed E-state index contributed by atoms with van der Waals surface area (Å²) in [5.74, 6) is 0.695. The van der Waals surface area contributed by atoms with Gasteiger partial charge in [0, 0.05) is 38.2 Å². The highest BCUT2D eigenvalue weighted by atomic mass is 16.3. The second-order valence-electron chi connectivity index (χ2n) is 12.6. The number of fused-ring (bicyclic) bond motifs is 6. The molecule has 234 valence electrons. The average Bonchev–Trinajstić information content (AvgIpc) is 3.76. The largest absolute Gasteiger partial charge is 0.456 e. The van der Waals surface area contributed by atoms with Crippen molar-refractivity contribution in [2.45, 2.75) is 0 Å². The van der Waals surface area contributed by atoms with E-state index in [4.69, 9.17) is 18.8 Å². The van der Waals surface area contributed by atoms with Crippen LogP contribution in [0.25, 0.3) is 100 Å². The first kappa shape index (κ1) is 28.3. The van der Waals surface area contributed by atoms with E-state index in [9.17, 15) is 0 Å². The number of rotatable bonds is 5. The summed E-state index contributed by atoms with van der Waals surface area (Å²) in [6.45, 7) is 0. The van der Waals surface area contributed by atoms with E-state index >= 15 is 0 Å². The Kier molecular flexibility index (Phi) is 6.46. The van der Waals surface area contributed by atoms with Crippen molar-refractivity contribution in [2.24, 2.45) is 0 Å². The molecule has 0 spiro atoms. The maximum Gasteiger partial charge on any atom is 0.160 e. The monoisotopic (exact) mass is 640 g/mol. The highest BCUT2D eigenvalue weighted by molar-refractivity contribution is 6.07. The van der Waals surface area contributed by atoms with Crippen LogP contribution >= 0.6 is 0 Å². The van der Waals surface area contributed by atoms with Crippen molar-refractivity contribution in [3.63, 3.8) is 0 Å². The lowest BCUT2D eigenvalue weighted by Crippen LogP contribution is -1.96. The fourth-order valence-corrected chi connectivity index (χ4v) is 6.94. The summed E-state index contributed by atoms with van der Waals surface area (Å²) in [5.41, 5.74) is 12.9. The molecule has 0 fully saturated rings. The van der Waals surface area contributed by atoms with Crippen molar-refractivity contribution in [3.8, 4) is 56.2 Å². The van der Waals surface area contributed by atoms with Gasteiger partial charge in [-0.3, -0.25) is 0 Å². The Labute approximate surface area is 287 Å². The molecule has 3 aromatic heterocycles. The minimum absolute atomic E-state index is 0.695. The zero-order valence-electron chi connectivity index (χ0n) is 26.9. The molecule has 0 saturated heterocycles. The van der Waals surface area contributed by atoms with Gasteiger partial charge in [0.25, 0.3) is 0 Å². The van der Waals surface area contributed by atoms with Gasteiger partial charge in [-0.1, -0.05) is 127 Å². The molecular weight excluding hydrogens is 613 g/mol. The molecule has 0 N–H and O–H groups in total. The van der Waals surface area contributed by atoms with Crippen molar-refractivity contribution >= 4 is 43.9 Å². The van der Waals surface area contributed by atoms with Gasteiger partial charge in [0.15, 0.2) is 5.82 Å². The molecule has 0 aliphatic carbocycles. The van der Waals surface area contributed by atoms with Crippen molar-refractivity contribution in [3.05, 3.63) is 170 Å². The number of nitrogens with zero attached hydrogens (tertiary/aromatic N) is 2. The highest BCUT2D eigenvalue weighted by Crippen LogP contribution is 2.36. The van der Waals surface area contributed by atoms with Crippen molar-refractivity contribution in [1.82, 2.24) is 9.97 Å². The summed E-state index contributed by atoms with van der Waals surface area (Å²) >= 11 is 0. The van der Waals surface area contributed by atoms with Gasteiger partial charge in [-0.05, 0) is 64.7 Å². The Balaban J connectivity index is 1.01. The van der Waals surface area contributed by atoms with E-state index in [0.717, 1.165) is 94.2 Å². The van der Waals surface area contributed by atoms with E-state index in [0.29, 0.717) is 5.82 Å². The molecule has 0 aliphatic heterocycles. The van der Waals surface area contributed by atoms with Crippen LogP contribution in [0.15, 0.2) is 179 Å². The molecule has 10 aromatic rings. The number of hydrogen-bond donors (Lipinski definition) is 0. The molecule has 50 heavy (non-hydrogen) atoms. The Morgan fingerprint density at radius 3 is 1.18 bits per heavy atom. The third-order valence-electron chi connectivity index (χ3n) is 9.54. The smallest absolute Gasteiger partial charge is 0.160 e. The highest BCUT2D eigenvalue weighted by Gasteiger charge is 2.13. The second-order valence-corrected chi connectivity index (χ2v) is 12.6. The first-order valence-electron chi connectivity index (χ1n) is 16.7. The lowest BCUT2D eigenvalue weighted by Gasteiger charge is -2.11. The Hall–Kier alpha value is -6.78. The van der Waals surface area contributed by atoms with Crippen LogP contribution in [0.2, 0.25) is 0 Å². The van der Waals surface area contributed by atoms with E-state index in [1.54, 1.807) is 0 Å². The van der Waals surface area contributed by atoms with Gasteiger partial charge in [0.1, 0.15) is 22.3 Å². The van der Waals surface area contributed by atoms with E-state index in [1.165, 1.54) is 0 Å². The van der Waals surface area contributed by atoms with Crippen LogP contribution in [0.5, 0.6) is 0 Å². The maximum atomic E-state index is 6.05. The summed E-state index contributed by atoms with van der Waals surface area (Å²) in [6.07, 6.45) is 0. The molecule has 0 saturated carbocycles. The van der Waals surface area contributed by atoms with Crippen molar-refractivity contribution in [2.75, 3.05) is 0 Å². The molecule has 4 nitrogen and oxygen atoms in total. The number of aromatic nitrogens is 2. The van der Waals surface area contributed by atoms with Gasteiger partial charge in [-0.15, -0.1) is 0 Å². The quantitative estimate of drug-likeness (QED) is 0.188. The van der Waals surface area contributed by atoms with Crippen molar-refractivity contribution < 1.29 is 8.83 Å². The minimum Gasteiger partial charge on any atom is -0.456 e. The standard InChI is InChI=1S/C46H28N2O2/c1-2-8-33(9-3-1)46-47-40(31-18-14-29(15-19-31)34-22-24-44-38(26-34)36-10-4-6-12-42(36)49-44)28-41(48-46)32-20-16-30(17-21-32)35-23-25-45-39(27-35)37-11-5-7-13-43(37)50-45/h1-28H. The zero-order valence-corrected chi connectivity index (χ0v) is 26.9. The molecule has 3 heterocycles. The van der Waals surface area contributed by atoms with E-state index in [2.05, 4.69) is 127 Å². The SMILES string of the molecule is c1ccc(-c2nc(-c3ccc(-c4ccc5oc6ccccc6c5c4)cc3)cc(-c3ccc(-c4ccc5oc6ccccc6c5c4)cc3)n2)cc1. The molecule has 0 atom stereocenters. The van der Waals surface area contributed by atoms with Crippen LogP contribution in [0.4, 0.5) is 0 Å². The molecular formula is C46H28N2O2. The Morgan fingerprint density at radius 1 is 0.280 bits per heavy atom. The van der Waals surface area contributed by atoms with Crippen LogP contribution in [0.3, 0.4) is 0 Å². The summed E-state index contributed by atoms with van der Waals surface area (Å²) < 4.78 is 12.1. The first-order chi connectivity index (χ1) is 24.7. The van der Waals surface area contributed by atoms with Gasteiger partial charge in [0.2, 0.25) is 0 Å². The molecule has 0 amide bonds. The predicted octanol–water partition coefficient (Wildman–Crippen LogP) is 12.6. The van der Waals surface area contributed by atoms with Gasteiger partial charge in [-0.25, -0.2) is 9.97 Å². The Morgan fingerprint density at radius 2 is 0.680 bits per heavy atom. The number of para-hydroxylation sites is 2. The minimum atomic E-state index is 0.695. The number of furan rings is 2. The third kappa shape index (κ3) is 4.85. The van der Waals surface area contributed by atoms with Gasteiger partial charge >= 0.3 is 0 Å². The summed E-state index contributed by atoms with van der Waals surface area (Å²) in [7, 11) is 0. The molecule has 0 radical (unpaired) electrons. The van der Waals surface area contributed by atoms with Crippen LogP contribution in [0, 0.1) is 0 Å². The first-order valence-corrected chi connectivity index (χ1v) is 16.7.